The number of piperazine rings is 1. The molecule has 6 heteroatoms. The molecule has 25 heavy (non-hydrogen) atoms. The minimum atomic E-state index is -0.0924. The molecule has 1 fully saturated rings. The van der Waals surface area contributed by atoms with Gasteiger partial charge in [0.2, 0.25) is 0 Å². The number of urea groups is 1. The van der Waals surface area contributed by atoms with Gasteiger partial charge in [-0.1, -0.05) is 18.2 Å². The van der Waals surface area contributed by atoms with Crippen LogP contribution in [-0.2, 0) is 6.54 Å². The van der Waals surface area contributed by atoms with Gasteiger partial charge in [0.05, 0.1) is 7.11 Å². The van der Waals surface area contributed by atoms with E-state index >= 15 is 0 Å². The van der Waals surface area contributed by atoms with E-state index in [-0.39, 0.29) is 11.8 Å². The molecule has 2 N–H and O–H groups in total. The Morgan fingerprint density at radius 1 is 1.12 bits per heavy atom. The first-order valence-corrected chi connectivity index (χ1v) is 8.34. The first-order chi connectivity index (χ1) is 12.1. The molecule has 0 bridgehead atoms. The van der Waals surface area contributed by atoms with Gasteiger partial charge in [-0.3, -0.25) is 4.90 Å². The quantitative estimate of drug-likeness (QED) is 0.897. The van der Waals surface area contributed by atoms with Gasteiger partial charge in [0, 0.05) is 44.5 Å². The fraction of sp³-hybridized carbons (Fsp3) is 0.316. The molecule has 2 aromatic carbocycles. The van der Waals surface area contributed by atoms with Crippen LogP contribution in [0.15, 0.2) is 48.5 Å². The van der Waals surface area contributed by atoms with Crippen LogP contribution in [0.5, 0.6) is 11.5 Å². The maximum atomic E-state index is 12.4. The number of hydrogen-bond acceptors (Lipinski definition) is 4. The number of aromatic hydroxyl groups is 1. The number of amides is 2. The average Bonchev–Trinajstić information content (AvgIpc) is 2.62. The average molecular weight is 341 g/mol. The maximum Gasteiger partial charge on any atom is 0.321 e. The van der Waals surface area contributed by atoms with Gasteiger partial charge in [-0.2, -0.15) is 0 Å². The molecule has 1 saturated heterocycles. The lowest BCUT2D eigenvalue weighted by Gasteiger charge is -2.34. The Kier molecular flexibility index (Phi) is 5.40. The summed E-state index contributed by atoms with van der Waals surface area (Å²) in [5, 5.41) is 12.5. The number of hydrogen-bond donors (Lipinski definition) is 2. The highest BCUT2D eigenvalue weighted by Gasteiger charge is 2.21. The number of anilines is 1. The largest absolute Gasteiger partial charge is 0.508 e. The van der Waals surface area contributed by atoms with Crippen molar-refractivity contribution < 1.29 is 14.6 Å². The first-order valence-electron chi connectivity index (χ1n) is 8.34. The van der Waals surface area contributed by atoms with E-state index in [1.54, 1.807) is 25.3 Å². The minimum absolute atomic E-state index is 0.0924. The second kappa shape index (κ2) is 7.90. The Hall–Kier alpha value is -2.73. The molecule has 0 aliphatic carbocycles. The lowest BCUT2D eigenvalue weighted by molar-refractivity contribution is 0.143. The number of methoxy groups -OCH3 is 1. The molecule has 0 aromatic heterocycles. The van der Waals surface area contributed by atoms with E-state index in [1.807, 2.05) is 35.2 Å². The summed E-state index contributed by atoms with van der Waals surface area (Å²) in [4.78, 5) is 16.5. The topological polar surface area (TPSA) is 65.0 Å². The van der Waals surface area contributed by atoms with Crippen LogP contribution in [0, 0.1) is 0 Å². The lowest BCUT2D eigenvalue weighted by atomic mass is 10.2. The second-order valence-electron chi connectivity index (χ2n) is 6.10. The molecule has 2 aromatic rings. The highest BCUT2D eigenvalue weighted by molar-refractivity contribution is 5.89. The number of phenolic OH excluding ortho intramolecular Hbond substituents is 1. The Morgan fingerprint density at radius 3 is 2.60 bits per heavy atom. The molecule has 0 spiro atoms. The Labute approximate surface area is 147 Å². The third kappa shape index (κ3) is 4.64. The first kappa shape index (κ1) is 17.1. The highest BCUT2D eigenvalue weighted by Crippen LogP contribution is 2.18. The summed E-state index contributed by atoms with van der Waals surface area (Å²) in [6.07, 6.45) is 0. The van der Waals surface area contributed by atoms with E-state index in [0.717, 1.165) is 30.9 Å². The molecule has 0 saturated carbocycles. The van der Waals surface area contributed by atoms with Gasteiger partial charge >= 0.3 is 6.03 Å². The molecule has 1 heterocycles. The molecule has 1 aliphatic heterocycles. The van der Waals surface area contributed by atoms with E-state index in [0.29, 0.717) is 18.8 Å². The van der Waals surface area contributed by atoms with Crippen LogP contribution in [-0.4, -0.2) is 54.2 Å². The number of phenols is 1. The van der Waals surface area contributed by atoms with Gasteiger partial charge in [-0.15, -0.1) is 0 Å². The number of rotatable bonds is 4. The van der Waals surface area contributed by atoms with Crippen molar-refractivity contribution >= 4 is 11.7 Å². The predicted octanol–water partition coefficient (Wildman–Crippen LogP) is 2.75. The third-order valence-electron chi connectivity index (χ3n) is 4.30. The highest BCUT2D eigenvalue weighted by atomic mass is 16.5. The van der Waals surface area contributed by atoms with Crippen molar-refractivity contribution in [1.82, 2.24) is 9.80 Å². The van der Waals surface area contributed by atoms with Crippen molar-refractivity contribution in [3.63, 3.8) is 0 Å². The van der Waals surface area contributed by atoms with Crippen molar-refractivity contribution in [2.45, 2.75) is 6.54 Å². The van der Waals surface area contributed by atoms with E-state index in [9.17, 15) is 9.90 Å². The van der Waals surface area contributed by atoms with Crippen LogP contribution in [0.2, 0.25) is 0 Å². The van der Waals surface area contributed by atoms with E-state index < -0.39 is 0 Å². The summed E-state index contributed by atoms with van der Waals surface area (Å²) >= 11 is 0. The van der Waals surface area contributed by atoms with E-state index in [4.69, 9.17) is 4.74 Å². The maximum absolute atomic E-state index is 12.4. The molecule has 2 amide bonds. The molecule has 6 nitrogen and oxygen atoms in total. The summed E-state index contributed by atoms with van der Waals surface area (Å²) in [6, 6.07) is 14.5. The number of carbonyl (C=O) groups excluding carboxylic acids is 1. The van der Waals surface area contributed by atoms with Crippen molar-refractivity contribution in [2.24, 2.45) is 0 Å². The fourth-order valence-electron chi connectivity index (χ4n) is 2.93. The van der Waals surface area contributed by atoms with Crippen LogP contribution in [0.4, 0.5) is 10.5 Å². The van der Waals surface area contributed by atoms with Crippen molar-refractivity contribution in [1.29, 1.82) is 0 Å². The van der Waals surface area contributed by atoms with Crippen LogP contribution in [0.3, 0.4) is 0 Å². The van der Waals surface area contributed by atoms with Gasteiger partial charge in [-0.05, 0) is 29.8 Å². The summed E-state index contributed by atoms with van der Waals surface area (Å²) < 4.78 is 5.17. The summed E-state index contributed by atoms with van der Waals surface area (Å²) in [7, 11) is 1.60. The molecular formula is C19H23N3O3. The number of nitrogens with zero attached hydrogens (tertiary/aromatic N) is 2. The SMILES string of the molecule is COc1cccc(NC(=O)N2CCN(Cc3cccc(O)c3)CC2)c1. The van der Waals surface area contributed by atoms with Crippen molar-refractivity contribution in [3.05, 3.63) is 54.1 Å². The predicted molar refractivity (Wildman–Crippen MR) is 97.0 cm³/mol. The Morgan fingerprint density at radius 2 is 1.88 bits per heavy atom. The van der Waals surface area contributed by atoms with Crippen LogP contribution in [0.1, 0.15) is 5.56 Å². The molecule has 0 radical (unpaired) electrons. The molecule has 1 aliphatic rings. The third-order valence-corrected chi connectivity index (χ3v) is 4.30. The van der Waals surface area contributed by atoms with Crippen LogP contribution >= 0.6 is 0 Å². The zero-order valence-electron chi connectivity index (χ0n) is 14.3. The zero-order valence-corrected chi connectivity index (χ0v) is 14.3. The fourth-order valence-corrected chi connectivity index (χ4v) is 2.93. The molecule has 0 unspecified atom stereocenters. The standard InChI is InChI=1S/C19H23N3O3/c1-25-18-7-3-5-16(13-18)20-19(24)22-10-8-21(9-11-22)14-15-4-2-6-17(23)12-15/h2-7,12-13,23H,8-11,14H2,1H3,(H,20,24). The smallest absolute Gasteiger partial charge is 0.321 e. The number of carbonyl (C=O) groups is 1. The van der Waals surface area contributed by atoms with Gasteiger partial charge in [0.25, 0.3) is 0 Å². The van der Waals surface area contributed by atoms with Gasteiger partial charge in [-0.25, -0.2) is 4.79 Å². The Balaban J connectivity index is 1.50. The summed E-state index contributed by atoms with van der Waals surface area (Å²) in [6.45, 7) is 3.74. The number of ether oxygens (including phenoxy) is 1. The molecule has 0 atom stereocenters. The van der Waals surface area contributed by atoms with Crippen LogP contribution < -0.4 is 10.1 Å². The summed E-state index contributed by atoms with van der Waals surface area (Å²) in [5.41, 5.74) is 1.81. The monoisotopic (exact) mass is 341 g/mol. The van der Waals surface area contributed by atoms with Crippen molar-refractivity contribution in [2.75, 3.05) is 38.6 Å². The van der Waals surface area contributed by atoms with Gasteiger partial charge < -0.3 is 20.1 Å². The molecule has 132 valence electrons. The normalized spacial score (nSPS) is 15.0. The summed E-state index contributed by atoms with van der Waals surface area (Å²) in [5.74, 6) is 1.00. The molecular weight excluding hydrogens is 318 g/mol. The van der Waals surface area contributed by atoms with Gasteiger partial charge in [0.1, 0.15) is 11.5 Å². The Bertz CT molecular complexity index is 727. The van der Waals surface area contributed by atoms with E-state index in [1.165, 1.54) is 0 Å². The molecule has 3 rings (SSSR count). The van der Waals surface area contributed by atoms with Crippen LogP contribution in [0.25, 0.3) is 0 Å². The zero-order chi connectivity index (χ0) is 17.6. The number of nitrogens with one attached hydrogen (secondary N) is 1. The number of benzene rings is 2. The van der Waals surface area contributed by atoms with Crippen molar-refractivity contribution in [3.8, 4) is 11.5 Å². The lowest BCUT2D eigenvalue weighted by Crippen LogP contribution is -2.49. The minimum Gasteiger partial charge on any atom is -0.508 e. The van der Waals surface area contributed by atoms with E-state index in [2.05, 4.69) is 10.2 Å². The second-order valence-corrected chi connectivity index (χ2v) is 6.10. The van der Waals surface area contributed by atoms with Gasteiger partial charge in [0.15, 0.2) is 0 Å².